The summed E-state index contributed by atoms with van der Waals surface area (Å²) in [6.45, 7) is 4.13. The standard InChI is InChI=1S/C55H97NO3/c1-3-5-7-9-11-13-15-17-18-19-20-21-22-23-24-25-26-27-28-29-30-31-32-33-34-35-36-37-38-39-41-43-45-47-49-51-55(59)56-53(52-57)54(58)50-48-46-44-42-40-16-14-12-10-8-6-4-2/h5,7,10-13,17-18,20-21,40,42,48,50,53-54,57-58H,3-4,6,8-9,14-16,19,22-39,41,43-47,49,51-52H2,1-2H3,(H,56,59)/b7-5-,12-10+,13-11-,18-17-,21-20-,42-40+,50-48+. The Morgan fingerprint density at radius 1 is 0.424 bits per heavy atom. The maximum absolute atomic E-state index is 12.4. The van der Waals surface area contributed by atoms with Gasteiger partial charge in [-0.1, -0.05) is 240 Å². The summed E-state index contributed by atoms with van der Waals surface area (Å²) in [7, 11) is 0. The van der Waals surface area contributed by atoms with Crippen LogP contribution in [0, 0.1) is 0 Å². The van der Waals surface area contributed by atoms with Crippen molar-refractivity contribution in [2.24, 2.45) is 0 Å². The minimum absolute atomic E-state index is 0.0791. The third-order valence-electron chi connectivity index (χ3n) is 11.1. The molecule has 0 spiro atoms. The van der Waals surface area contributed by atoms with Crippen LogP contribution >= 0.6 is 0 Å². The number of amides is 1. The summed E-state index contributed by atoms with van der Waals surface area (Å²) in [5.74, 6) is -0.0791. The van der Waals surface area contributed by atoms with Gasteiger partial charge in [0.2, 0.25) is 5.91 Å². The van der Waals surface area contributed by atoms with E-state index in [0.29, 0.717) is 6.42 Å². The van der Waals surface area contributed by atoms with E-state index >= 15 is 0 Å². The first-order chi connectivity index (χ1) is 29.2. The second-order valence-corrected chi connectivity index (χ2v) is 16.8. The Labute approximate surface area is 367 Å². The summed E-state index contributed by atoms with van der Waals surface area (Å²) < 4.78 is 0. The summed E-state index contributed by atoms with van der Waals surface area (Å²) in [5.41, 5.74) is 0. The fraction of sp³-hybridized carbons (Fsp3) is 0.727. The largest absolute Gasteiger partial charge is 0.394 e. The van der Waals surface area contributed by atoms with E-state index in [1.165, 1.54) is 154 Å². The van der Waals surface area contributed by atoms with Crippen LogP contribution in [-0.4, -0.2) is 34.9 Å². The Morgan fingerprint density at radius 2 is 0.763 bits per heavy atom. The van der Waals surface area contributed by atoms with Gasteiger partial charge in [0.25, 0.3) is 0 Å². The van der Waals surface area contributed by atoms with E-state index in [1.807, 2.05) is 6.08 Å². The molecule has 2 atom stereocenters. The van der Waals surface area contributed by atoms with Gasteiger partial charge in [-0.15, -0.1) is 0 Å². The average molecular weight is 820 g/mol. The number of aliphatic hydroxyl groups excluding tert-OH is 2. The zero-order valence-electron chi connectivity index (χ0n) is 39.0. The number of carbonyl (C=O) groups is 1. The Kier molecular flexibility index (Phi) is 47.9. The number of nitrogens with one attached hydrogen (secondary N) is 1. The molecule has 0 aromatic heterocycles. The van der Waals surface area contributed by atoms with Gasteiger partial charge in [0.15, 0.2) is 0 Å². The van der Waals surface area contributed by atoms with Crippen LogP contribution in [0.2, 0.25) is 0 Å². The minimum Gasteiger partial charge on any atom is -0.394 e. The summed E-state index contributed by atoms with van der Waals surface area (Å²) in [4.78, 5) is 12.4. The zero-order valence-corrected chi connectivity index (χ0v) is 39.0. The highest BCUT2D eigenvalue weighted by molar-refractivity contribution is 5.76. The van der Waals surface area contributed by atoms with Gasteiger partial charge in [-0.05, 0) is 77.0 Å². The first-order valence-electron chi connectivity index (χ1n) is 25.3. The van der Waals surface area contributed by atoms with E-state index in [1.54, 1.807) is 6.08 Å². The topological polar surface area (TPSA) is 69.6 Å². The number of hydrogen-bond acceptors (Lipinski definition) is 3. The van der Waals surface area contributed by atoms with Crippen molar-refractivity contribution < 1.29 is 15.0 Å². The van der Waals surface area contributed by atoms with Crippen molar-refractivity contribution in [3.63, 3.8) is 0 Å². The Bertz CT molecular complexity index is 1070. The maximum Gasteiger partial charge on any atom is 0.220 e. The summed E-state index contributed by atoms with van der Waals surface area (Å²) in [6.07, 6.45) is 73.1. The van der Waals surface area contributed by atoms with Gasteiger partial charge in [-0.2, -0.15) is 0 Å². The van der Waals surface area contributed by atoms with E-state index in [4.69, 9.17) is 0 Å². The summed E-state index contributed by atoms with van der Waals surface area (Å²) in [6, 6.07) is -0.646. The molecular weight excluding hydrogens is 723 g/mol. The molecule has 0 bridgehead atoms. The van der Waals surface area contributed by atoms with Crippen molar-refractivity contribution in [3.05, 3.63) is 85.1 Å². The summed E-state index contributed by atoms with van der Waals surface area (Å²) in [5, 5.41) is 23.0. The lowest BCUT2D eigenvalue weighted by Crippen LogP contribution is -2.45. The van der Waals surface area contributed by atoms with Crippen LogP contribution in [0.15, 0.2) is 85.1 Å². The molecule has 0 rings (SSSR count). The molecule has 0 heterocycles. The van der Waals surface area contributed by atoms with Gasteiger partial charge < -0.3 is 15.5 Å². The zero-order chi connectivity index (χ0) is 42.8. The number of allylic oxidation sites excluding steroid dienone is 13. The SMILES string of the molecule is CC/C=C\C/C=C\C/C=C\C/C=C\CCCCCCCCCCCCCCCCCCCCCCCCC(=O)NC(CO)C(O)/C=C/CC/C=C/CC/C=C/CCCC. The number of unbranched alkanes of at least 4 members (excludes halogenated alkanes) is 26. The van der Waals surface area contributed by atoms with Crippen molar-refractivity contribution in [3.8, 4) is 0 Å². The lowest BCUT2D eigenvalue weighted by molar-refractivity contribution is -0.123. The molecule has 0 aliphatic carbocycles. The molecular formula is C55H97NO3. The molecule has 0 aliphatic rings. The van der Waals surface area contributed by atoms with Gasteiger partial charge >= 0.3 is 0 Å². The van der Waals surface area contributed by atoms with Crippen molar-refractivity contribution in [2.45, 2.75) is 251 Å². The number of carbonyl (C=O) groups excluding carboxylic acids is 1. The van der Waals surface area contributed by atoms with Crippen molar-refractivity contribution >= 4 is 5.91 Å². The lowest BCUT2D eigenvalue weighted by atomic mass is 10.0. The van der Waals surface area contributed by atoms with Crippen LogP contribution in [0.3, 0.4) is 0 Å². The van der Waals surface area contributed by atoms with E-state index in [2.05, 4.69) is 92.1 Å². The molecule has 3 N–H and O–H groups in total. The van der Waals surface area contributed by atoms with Crippen molar-refractivity contribution in [2.75, 3.05) is 6.61 Å². The lowest BCUT2D eigenvalue weighted by Gasteiger charge is -2.19. The van der Waals surface area contributed by atoms with Gasteiger partial charge in [0, 0.05) is 6.42 Å². The third kappa shape index (κ3) is 46.5. The fourth-order valence-corrected chi connectivity index (χ4v) is 7.25. The fourth-order valence-electron chi connectivity index (χ4n) is 7.25. The highest BCUT2D eigenvalue weighted by atomic mass is 16.3. The molecule has 4 heteroatoms. The molecule has 0 aromatic carbocycles. The second-order valence-electron chi connectivity index (χ2n) is 16.8. The molecule has 1 amide bonds. The van der Waals surface area contributed by atoms with Crippen molar-refractivity contribution in [1.82, 2.24) is 5.32 Å². The van der Waals surface area contributed by atoms with Crippen LogP contribution in [0.5, 0.6) is 0 Å². The molecule has 59 heavy (non-hydrogen) atoms. The summed E-state index contributed by atoms with van der Waals surface area (Å²) >= 11 is 0. The van der Waals surface area contributed by atoms with Crippen LogP contribution < -0.4 is 5.32 Å². The van der Waals surface area contributed by atoms with Gasteiger partial charge in [-0.3, -0.25) is 4.79 Å². The van der Waals surface area contributed by atoms with E-state index in [9.17, 15) is 15.0 Å². The van der Waals surface area contributed by atoms with Crippen LogP contribution in [0.25, 0.3) is 0 Å². The molecule has 0 radical (unpaired) electrons. The van der Waals surface area contributed by atoms with E-state index in [0.717, 1.165) is 64.2 Å². The van der Waals surface area contributed by atoms with Gasteiger partial charge in [0.05, 0.1) is 18.8 Å². The molecule has 4 nitrogen and oxygen atoms in total. The number of rotatable bonds is 45. The first-order valence-corrected chi connectivity index (χ1v) is 25.3. The normalized spacial score (nSPS) is 13.6. The molecule has 2 unspecified atom stereocenters. The Morgan fingerprint density at radius 3 is 1.19 bits per heavy atom. The van der Waals surface area contributed by atoms with Gasteiger partial charge in [0.1, 0.15) is 0 Å². The van der Waals surface area contributed by atoms with E-state index in [-0.39, 0.29) is 12.5 Å². The Balaban J connectivity index is 3.46. The Hall–Kier alpha value is -2.43. The number of aliphatic hydroxyl groups is 2. The average Bonchev–Trinajstić information content (AvgIpc) is 3.24. The molecule has 0 aliphatic heterocycles. The highest BCUT2D eigenvalue weighted by Gasteiger charge is 2.17. The molecule has 0 fully saturated rings. The molecule has 0 saturated heterocycles. The molecule has 0 aromatic rings. The monoisotopic (exact) mass is 820 g/mol. The van der Waals surface area contributed by atoms with Crippen LogP contribution in [-0.2, 0) is 4.79 Å². The minimum atomic E-state index is -0.870. The quantitative estimate of drug-likeness (QED) is 0.0423. The second kappa shape index (κ2) is 49.9. The van der Waals surface area contributed by atoms with Crippen molar-refractivity contribution in [1.29, 1.82) is 0 Å². The van der Waals surface area contributed by atoms with E-state index < -0.39 is 12.1 Å². The highest BCUT2D eigenvalue weighted by Crippen LogP contribution is 2.16. The van der Waals surface area contributed by atoms with Gasteiger partial charge in [-0.25, -0.2) is 0 Å². The van der Waals surface area contributed by atoms with Crippen LogP contribution in [0.1, 0.15) is 239 Å². The third-order valence-corrected chi connectivity index (χ3v) is 11.1. The smallest absolute Gasteiger partial charge is 0.220 e. The molecule has 340 valence electrons. The maximum atomic E-state index is 12.4. The van der Waals surface area contributed by atoms with Crippen LogP contribution in [0.4, 0.5) is 0 Å². The predicted molar refractivity (Wildman–Crippen MR) is 262 cm³/mol. The predicted octanol–water partition coefficient (Wildman–Crippen LogP) is 16.4. The molecule has 0 saturated carbocycles. The first kappa shape index (κ1) is 56.6. The number of hydrogen-bond donors (Lipinski definition) is 3.